The maximum Gasteiger partial charge on any atom is 0.244 e. The van der Waals surface area contributed by atoms with Crippen molar-refractivity contribution in [2.45, 2.75) is 39.9 Å². The molecule has 2 aromatic rings. The molecule has 0 aromatic heterocycles. The second-order valence-electron chi connectivity index (χ2n) is 7.30. The van der Waals surface area contributed by atoms with Gasteiger partial charge in [-0.15, -0.1) is 0 Å². The highest BCUT2D eigenvalue weighted by atomic mass is 35.5. The molecule has 0 aliphatic heterocycles. The topological polar surface area (TPSA) is 50.8 Å². The molecule has 0 saturated heterocycles. The lowest BCUT2D eigenvalue weighted by Gasteiger charge is -2.22. The zero-order valence-electron chi connectivity index (χ0n) is 18.4. The van der Waals surface area contributed by atoms with Crippen LogP contribution in [0.2, 0.25) is 5.02 Å². The molecule has 6 heteroatoms. The van der Waals surface area contributed by atoms with Gasteiger partial charge in [0.1, 0.15) is 0 Å². The van der Waals surface area contributed by atoms with Crippen LogP contribution in [0, 0.1) is 0 Å². The van der Waals surface area contributed by atoms with Crippen LogP contribution in [0.4, 0.5) is 0 Å². The molecule has 162 valence electrons. The zero-order chi connectivity index (χ0) is 22.1. The number of halogens is 1. The monoisotopic (exact) mass is 430 g/mol. The summed E-state index contributed by atoms with van der Waals surface area (Å²) in [5.74, 6) is 0.866. The summed E-state index contributed by atoms with van der Waals surface area (Å²) in [5, 5.41) is 3.40. The summed E-state index contributed by atoms with van der Waals surface area (Å²) < 4.78 is 10.9. The molecule has 2 aromatic carbocycles. The van der Waals surface area contributed by atoms with E-state index in [0.717, 1.165) is 17.7 Å². The molecule has 0 aliphatic carbocycles. The van der Waals surface area contributed by atoms with Crippen molar-refractivity contribution in [1.29, 1.82) is 0 Å². The van der Waals surface area contributed by atoms with Crippen molar-refractivity contribution < 1.29 is 14.3 Å². The van der Waals surface area contributed by atoms with Crippen LogP contribution in [0.3, 0.4) is 0 Å². The summed E-state index contributed by atoms with van der Waals surface area (Å²) in [4.78, 5) is 14.6. The first-order valence-corrected chi connectivity index (χ1v) is 10.5. The van der Waals surface area contributed by atoms with E-state index in [4.69, 9.17) is 21.1 Å². The highest BCUT2D eigenvalue weighted by Gasteiger charge is 2.11. The fourth-order valence-electron chi connectivity index (χ4n) is 2.87. The summed E-state index contributed by atoms with van der Waals surface area (Å²) in [5.41, 5.74) is 3.08. The van der Waals surface area contributed by atoms with E-state index >= 15 is 0 Å². The minimum absolute atomic E-state index is 0.175. The van der Waals surface area contributed by atoms with E-state index in [0.29, 0.717) is 35.7 Å². The number of hydrogen-bond acceptors (Lipinski definition) is 4. The third kappa shape index (κ3) is 6.78. The van der Waals surface area contributed by atoms with Crippen molar-refractivity contribution in [2.75, 3.05) is 20.8 Å². The summed E-state index contributed by atoms with van der Waals surface area (Å²) in [6, 6.07) is 12.2. The fourth-order valence-corrected chi connectivity index (χ4v) is 3.14. The molecule has 0 bridgehead atoms. The van der Waals surface area contributed by atoms with Crippen LogP contribution >= 0.6 is 11.6 Å². The smallest absolute Gasteiger partial charge is 0.244 e. The molecule has 30 heavy (non-hydrogen) atoms. The van der Waals surface area contributed by atoms with E-state index in [-0.39, 0.29) is 5.91 Å². The zero-order valence-corrected chi connectivity index (χ0v) is 19.1. The third-order valence-electron chi connectivity index (χ3n) is 4.84. The Morgan fingerprint density at radius 2 is 1.93 bits per heavy atom. The summed E-state index contributed by atoms with van der Waals surface area (Å²) in [7, 11) is 3.65. The number of carbonyl (C=O) groups excluding carboxylic acids is 1. The predicted molar refractivity (Wildman–Crippen MR) is 123 cm³/mol. The number of rotatable bonds is 10. The minimum Gasteiger partial charge on any atom is -0.493 e. The molecule has 0 heterocycles. The molecule has 0 unspecified atom stereocenters. The SMILES string of the molecule is CCOc1c(Cl)cc(/C=C/C(=O)NCc2ccccc2CN(C)C(C)C)cc1OC. The van der Waals surface area contributed by atoms with Crippen LogP contribution in [0.1, 0.15) is 37.5 Å². The molecule has 0 fully saturated rings. The molecule has 5 nitrogen and oxygen atoms in total. The Morgan fingerprint density at radius 1 is 1.23 bits per heavy atom. The number of carbonyl (C=O) groups is 1. The van der Waals surface area contributed by atoms with Crippen LogP contribution in [-0.2, 0) is 17.9 Å². The second kappa shape index (κ2) is 11.6. The van der Waals surface area contributed by atoms with Crippen molar-refractivity contribution >= 4 is 23.6 Å². The average Bonchev–Trinajstić information content (AvgIpc) is 2.73. The van der Waals surface area contributed by atoms with Gasteiger partial charge in [0.25, 0.3) is 0 Å². The number of benzene rings is 2. The lowest BCUT2D eigenvalue weighted by molar-refractivity contribution is -0.116. The van der Waals surface area contributed by atoms with Gasteiger partial charge in [0.05, 0.1) is 18.7 Å². The molecule has 0 saturated carbocycles. The van der Waals surface area contributed by atoms with E-state index in [9.17, 15) is 4.79 Å². The lowest BCUT2D eigenvalue weighted by Crippen LogP contribution is -2.27. The minimum atomic E-state index is -0.175. The largest absolute Gasteiger partial charge is 0.493 e. The van der Waals surface area contributed by atoms with Gasteiger partial charge in [-0.2, -0.15) is 0 Å². The Labute approximate surface area is 184 Å². The molecule has 0 atom stereocenters. The molecule has 0 spiro atoms. The van der Waals surface area contributed by atoms with Crippen LogP contribution in [0.25, 0.3) is 6.08 Å². The first-order chi connectivity index (χ1) is 14.3. The van der Waals surface area contributed by atoms with Gasteiger partial charge in [-0.3, -0.25) is 9.69 Å². The lowest BCUT2D eigenvalue weighted by atomic mass is 10.1. The average molecular weight is 431 g/mol. The van der Waals surface area contributed by atoms with Gasteiger partial charge >= 0.3 is 0 Å². The Morgan fingerprint density at radius 3 is 2.57 bits per heavy atom. The third-order valence-corrected chi connectivity index (χ3v) is 5.12. The fraction of sp³-hybridized carbons (Fsp3) is 0.375. The molecule has 1 amide bonds. The Bertz CT molecular complexity index is 881. The van der Waals surface area contributed by atoms with Gasteiger partial charge in [0.15, 0.2) is 11.5 Å². The number of ether oxygens (including phenoxy) is 2. The van der Waals surface area contributed by atoms with Crippen molar-refractivity contribution in [3.05, 3.63) is 64.2 Å². The standard InChI is InChI=1S/C24H31ClN2O3/c1-6-30-24-21(25)13-18(14-22(24)29-5)11-12-23(28)26-15-19-9-7-8-10-20(19)16-27(4)17(2)3/h7-14,17H,6,15-16H2,1-5H3,(H,26,28)/b12-11+. The highest BCUT2D eigenvalue weighted by Crippen LogP contribution is 2.36. The summed E-state index contributed by atoms with van der Waals surface area (Å²) in [6.07, 6.45) is 3.20. The number of hydrogen-bond donors (Lipinski definition) is 1. The van der Waals surface area contributed by atoms with Crippen LogP contribution in [0.5, 0.6) is 11.5 Å². The van der Waals surface area contributed by atoms with E-state index in [2.05, 4.69) is 37.2 Å². The summed E-state index contributed by atoms with van der Waals surface area (Å²) >= 11 is 6.29. The second-order valence-corrected chi connectivity index (χ2v) is 7.70. The van der Waals surface area contributed by atoms with Gasteiger partial charge in [-0.25, -0.2) is 0 Å². The molecule has 0 aliphatic rings. The van der Waals surface area contributed by atoms with E-state index in [1.54, 1.807) is 25.3 Å². The maximum absolute atomic E-state index is 12.3. The Hall–Kier alpha value is -2.50. The van der Waals surface area contributed by atoms with E-state index < -0.39 is 0 Å². The number of nitrogens with zero attached hydrogens (tertiary/aromatic N) is 1. The molecular weight excluding hydrogens is 400 g/mol. The molecule has 0 radical (unpaired) electrons. The van der Waals surface area contributed by atoms with Crippen molar-refractivity contribution in [3.63, 3.8) is 0 Å². The van der Waals surface area contributed by atoms with Crippen LogP contribution in [0.15, 0.2) is 42.5 Å². The van der Waals surface area contributed by atoms with Crippen molar-refractivity contribution in [2.24, 2.45) is 0 Å². The maximum atomic E-state index is 12.3. The normalized spacial score (nSPS) is 11.3. The van der Waals surface area contributed by atoms with Crippen LogP contribution < -0.4 is 14.8 Å². The van der Waals surface area contributed by atoms with Crippen molar-refractivity contribution in [1.82, 2.24) is 10.2 Å². The quantitative estimate of drug-likeness (QED) is 0.544. The van der Waals surface area contributed by atoms with Gasteiger partial charge < -0.3 is 14.8 Å². The van der Waals surface area contributed by atoms with E-state index in [1.807, 2.05) is 25.1 Å². The van der Waals surface area contributed by atoms with Gasteiger partial charge in [-0.05, 0) is 62.7 Å². The summed E-state index contributed by atoms with van der Waals surface area (Å²) in [6.45, 7) is 8.01. The molecule has 1 N–H and O–H groups in total. The number of methoxy groups -OCH3 is 1. The first kappa shape index (κ1) is 23.8. The molecular formula is C24H31ClN2O3. The number of amides is 1. The van der Waals surface area contributed by atoms with Gasteiger partial charge in [-0.1, -0.05) is 35.9 Å². The van der Waals surface area contributed by atoms with Gasteiger partial charge in [0.2, 0.25) is 5.91 Å². The van der Waals surface area contributed by atoms with E-state index in [1.165, 1.54) is 11.6 Å². The predicted octanol–water partition coefficient (Wildman–Crippen LogP) is 4.92. The number of nitrogens with one attached hydrogen (secondary N) is 1. The first-order valence-electron chi connectivity index (χ1n) is 10.1. The highest BCUT2D eigenvalue weighted by molar-refractivity contribution is 6.32. The van der Waals surface area contributed by atoms with Crippen LogP contribution in [-0.4, -0.2) is 37.6 Å². The Balaban J connectivity index is 2.03. The van der Waals surface area contributed by atoms with Crippen molar-refractivity contribution in [3.8, 4) is 11.5 Å². The van der Waals surface area contributed by atoms with Gasteiger partial charge in [0, 0.05) is 25.2 Å². The molecule has 2 rings (SSSR count). The Kier molecular flexibility index (Phi) is 9.21.